The molecule has 0 aliphatic carbocycles. The molecule has 2 unspecified atom stereocenters. The van der Waals surface area contributed by atoms with Crippen LogP contribution in [0.3, 0.4) is 0 Å². The smallest absolute Gasteiger partial charge is 0.137 e. The predicted octanol–water partition coefficient (Wildman–Crippen LogP) is 5.07. The van der Waals surface area contributed by atoms with Gasteiger partial charge in [0.1, 0.15) is 5.82 Å². The van der Waals surface area contributed by atoms with Gasteiger partial charge in [-0.1, -0.05) is 19.1 Å². The van der Waals surface area contributed by atoms with Crippen LogP contribution in [0.2, 0.25) is 0 Å². The fraction of sp³-hybridized carbons (Fsp3) is 0.214. The molecule has 0 aliphatic rings. The SMILES string of the molecule is CC(c1ccccn1)C(Cl)c1ccc(Br)c(F)c1. The molecular weight excluding hydrogens is 317 g/mol. The maximum atomic E-state index is 13.5. The Balaban J connectivity index is 2.25. The normalized spacial score (nSPS) is 14.2. The molecule has 0 radical (unpaired) electrons. The zero-order valence-electron chi connectivity index (χ0n) is 9.78. The Bertz CT molecular complexity index is 533. The van der Waals surface area contributed by atoms with E-state index in [0.717, 1.165) is 11.3 Å². The molecule has 0 saturated heterocycles. The summed E-state index contributed by atoms with van der Waals surface area (Å²) in [6.45, 7) is 1.99. The minimum Gasteiger partial charge on any atom is -0.261 e. The van der Waals surface area contributed by atoms with E-state index in [2.05, 4.69) is 20.9 Å². The fourth-order valence-electron chi connectivity index (χ4n) is 1.77. The van der Waals surface area contributed by atoms with Crippen molar-refractivity contribution in [3.8, 4) is 0 Å². The van der Waals surface area contributed by atoms with Crippen LogP contribution in [0, 0.1) is 5.82 Å². The van der Waals surface area contributed by atoms with Crippen LogP contribution in [0.15, 0.2) is 47.1 Å². The molecule has 0 amide bonds. The third-order valence-corrected chi connectivity index (χ3v) is 4.13. The number of benzene rings is 1. The number of nitrogens with zero attached hydrogens (tertiary/aromatic N) is 1. The minimum absolute atomic E-state index is 0.0217. The van der Waals surface area contributed by atoms with Crippen molar-refractivity contribution in [1.82, 2.24) is 4.98 Å². The highest BCUT2D eigenvalue weighted by molar-refractivity contribution is 9.10. The molecule has 18 heavy (non-hydrogen) atoms. The van der Waals surface area contributed by atoms with Crippen molar-refractivity contribution in [2.75, 3.05) is 0 Å². The second-order valence-electron chi connectivity index (χ2n) is 4.12. The molecule has 1 aromatic carbocycles. The lowest BCUT2D eigenvalue weighted by atomic mass is 9.97. The average Bonchev–Trinajstić information content (AvgIpc) is 2.41. The van der Waals surface area contributed by atoms with E-state index in [4.69, 9.17) is 11.6 Å². The van der Waals surface area contributed by atoms with Crippen molar-refractivity contribution >= 4 is 27.5 Å². The number of hydrogen-bond donors (Lipinski definition) is 0. The fourth-order valence-corrected chi connectivity index (χ4v) is 2.28. The topological polar surface area (TPSA) is 12.9 Å². The molecule has 2 rings (SSSR count). The molecule has 0 N–H and O–H groups in total. The molecule has 2 aromatic rings. The van der Waals surface area contributed by atoms with Crippen molar-refractivity contribution in [3.05, 3.63) is 64.1 Å². The van der Waals surface area contributed by atoms with Gasteiger partial charge in [-0.15, -0.1) is 11.6 Å². The van der Waals surface area contributed by atoms with Gasteiger partial charge in [-0.3, -0.25) is 4.98 Å². The van der Waals surface area contributed by atoms with Crippen LogP contribution in [0.4, 0.5) is 4.39 Å². The van der Waals surface area contributed by atoms with Crippen molar-refractivity contribution < 1.29 is 4.39 Å². The molecule has 0 spiro atoms. The first kappa shape index (κ1) is 13.5. The Labute approximate surface area is 119 Å². The maximum absolute atomic E-state index is 13.5. The second-order valence-corrected chi connectivity index (χ2v) is 5.44. The lowest BCUT2D eigenvalue weighted by molar-refractivity contribution is 0.614. The van der Waals surface area contributed by atoms with Crippen LogP contribution in [0.1, 0.15) is 29.5 Å². The highest BCUT2D eigenvalue weighted by atomic mass is 79.9. The summed E-state index contributed by atoms with van der Waals surface area (Å²) in [4.78, 5) is 4.28. The van der Waals surface area contributed by atoms with Gasteiger partial charge in [0.05, 0.1) is 9.85 Å². The van der Waals surface area contributed by atoms with E-state index in [1.54, 1.807) is 12.3 Å². The third-order valence-electron chi connectivity index (χ3n) is 2.86. The maximum Gasteiger partial charge on any atom is 0.137 e. The van der Waals surface area contributed by atoms with Crippen molar-refractivity contribution in [3.63, 3.8) is 0 Å². The van der Waals surface area contributed by atoms with E-state index in [1.165, 1.54) is 6.07 Å². The molecule has 1 heterocycles. The molecule has 0 aliphatic heterocycles. The second kappa shape index (κ2) is 5.81. The Hall–Kier alpha value is -0.930. The van der Waals surface area contributed by atoms with Gasteiger partial charge in [0.15, 0.2) is 0 Å². The summed E-state index contributed by atoms with van der Waals surface area (Å²) < 4.78 is 13.9. The summed E-state index contributed by atoms with van der Waals surface area (Å²) >= 11 is 9.52. The van der Waals surface area contributed by atoms with Crippen molar-refractivity contribution in [2.24, 2.45) is 0 Å². The summed E-state index contributed by atoms with van der Waals surface area (Å²) in [6.07, 6.45) is 1.73. The first-order valence-corrected chi connectivity index (χ1v) is 6.82. The van der Waals surface area contributed by atoms with Gasteiger partial charge in [0.25, 0.3) is 0 Å². The molecule has 0 saturated carbocycles. The van der Waals surface area contributed by atoms with E-state index in [0.29, 0.717) is 4.47 Å². The first-order chi connectivity index (χ1) is 8.59. The number of aromatic nitrogens is 1. The Morgan fingerprint density at radius 2 is 2.06 bits per heavy atom. The van der Waals surface area contributed by atoms with Crippen molar-refractivity contribution in [1.29, 1.82) is 0 Å². The van der Waals surface area contributed by atoms with Gasteiger partial charge < -0.3 is 0 Å². The predicted molar refractivity (Wildman–Crippen MR) is 75.3 cm³/mol. The Kier molecular flexibility index (Phi) is 4.36. The summed E-state index contributed by atoms with van der Waals surface area (Å²) in [6, 6.07) is 10.7. The van der Waals surface area contributed by atoms with E-state index in [1.807, 2.05) is 31.2 Å². The number of halogens is 3. The number of pyridine rings is 1. The quantitative estimate of drug-likeness (QED) is 0.717. The summed E-state index contributed by atoms with van der Waals surface area (Å²) in [5, 5.41) is -0.303. The number of rotatable bonds is 3. The van der Waals surface area contributed by atoms with Gasteiger partial charge in [0, 0.05) is 17.8 Å². The zero-order valence-corrected chi connectivity index (χ0v) is 12.1. The highest BCUT2D eigenvalue weighted by Gasteiger charge is 2.20. The molecule has 1 aromatic heterocycles. The molecule has 1 nitrogen and oxygen atoms in total. The van der Waals surface area contributed by atoms with Crippen molar-refractivity contribution in [2.45, 2.75) is 18.2 Å². The average molecular weight is 329 g/mol. The van der Waals surface area contributed by atoms with Crippen LogP contribution < -0.4 is 0 Å². The molecule has 2 atom stereocenters. The Morgan fingerprint density at radius 3 is 2.67 bits per heavy atom. The largest absolute Gasteiger partial charge is 0.261 e. The number of alkyl halides is 1. The summed E-state index contributed by atoms with van der Waals surface area (Å²) in [7, 11) is 0. The minimum atomic E-state index is -0.303. The number of hydrogen-bond acceptors (Lipinski definition) is 1. The third kappa shape index (κ3) is 2.90. The molecular formula is C14H12BrClFN. The molecule has 0 bridgehead atoms. The molecule has 4 heteroatoms. The van der Waals surface area contributed by atoms with E-state index >= 15 is 0 Å². The van der Waals surface area contributed by atoms with Crippen LogP contribution in [0.25, 0.3) is 0 Å². The summed E-state index contributed by atoms with van der Waals surface area (Å²) in [5.41, 5.74) is 1.66. The monoisotopic (exact) mass is 327 g/mol. The van der Waals surface area contributed by atoms with Gasteiger partial charge in [-0.2, -0.15) is 0 Å². The van der Waals surface area contributed by atoms with Crippen LogP contribution in [0.5, 0.6) is 0 Å². The Morgan fingerprint density at radius 1 is 1.28 bits per heavy atom. The lowest BCUT2D eigenvalue weighted by Gasteiger charge is -2.18. The molecule has 94 valence electrons. The standard InChI is InChI=1S/C14H12BrClFN/c1-9(13-4-2-3-7-18-13)14(16)10-5-6-11(15)12(17)8-10/h2-9,14H,1H3. The van der Waals surface area contributed by atoms with Gasteiger partial charge in [-0.05, 0) is 45.8 Å². The van der Waals surface area contributed by atoms with E-state index < -0.39 is 0 Å². The van der Waals surface area contributed by atoms with Crippen LogP contribution in [-0.2, 0) is 0 Å². The van der Waals surface area contributed by atoms with E-state index in [9.17, 15) is 4.39 Å². The molecule has 0 fully saturated rings. The lowest BCUT2D eigenvalue weighted by Crippen LogP contribution is -2.04. The highest BCUT2D eigenvalue weighted by Crippen LogP contribution is 2.36. The van der Waals surface area contributed by atoms with Crippen LogP contribution >= 0.6 is 27.5 Å². The summed E-state index contributed by atoms with van der Waals surface area (Å²) in [5.74, 6) is -0.278. The first-order valence-electron chi connectivity index (χ1n) is 5.59. The van der Waals surface area contributed by atoms with Gasteiger partial charge >= 0.3 is 0 Å². The van der Waals surface area contributed by atoms with Gasteiger partial charge in [-0.25, -0.2) is 4.39 Å². The van der Waals surface area contributed by atoms with Crippen LogP contribution in [-0.4, -0.2) is 4.98 Å². The van der Waals surface area contributed by atoms with E-state index in [-0.39, 0.29) is 17.1 Å². The van der Waals surface area contributed by atoms with Gasteiger partial charge in [0.2, 0.25) is 0 Å². The zero-order chi connectivity index (χ0) is 13.1.